The first-order valence-corrected chi connectivity index (χ1v) is 10.8. The third kappa shape index (κ3) is 5.03. The van der Waals surface area contributed by atoms with Crippen molar-refractivity contribution in [1.29, 1.82) is 0 Å². The number of nitrogens with one attached hydrogen (secondary N) is 2. The molecule has 0 saturated heterocycles. The lowest BCUT2D eigenvalue weighted by molar-refractivity contribution is 0.101. The number of sulfone groups is 1. The van der Waals surface area contributed by atoms with E-state index in [-0.39, 0.29) is 10.8 Å². The number of hydrogen-bond acceptors (Lipinski definition) is 5. The number of rotatable bonds is 6. The average Bonchev–Trinajstić information content (AvgIpc) is 2.73. The molecule has 0 aliphatic heterocycles. The fraction of sp³-hybridized carbons (Fsp3) is 0.0909. The molecule has 154 valence electrons. The third-order valence-electron chi connectivity index (χ3n) is 4.28. The van der Waals surface area contributed by atoms with E-state index in [1.807, 2.05) is 0 Å². The quantitative estimate of drug-likeness (QED) is 0.630. The molecule has 2 amide bonds. The van der Waals surface area contributed by atoms with Gasteiger partial charge in [-0.1, -0.05) is 18.2 Å². The summed E-state index contributed by atoms with van der Waals surface area (Å²) in [7, 11) is -1.88. The molecular weight excluding hydrogens is 404 g/mol. The number of amides is 2. The molecular formula is C22H20N2O5S. The van der Waals surface area contributed by atoms with Gasteiger partial charge in [0.2, 0.25) is 0 Å². The van der Waals surface area contributed by atoms with Gasteiger partial charge in [0.05, 0.1) is 17.6 Å². The maximum Gasteiger partial charge on any atom is 0.259 e. The van der Waals surface area contributed by atoms with Gasteiger partial charge in [-0.2, -0.15) is 0 Å². The van der Waals surface area contributed by atoms with Gasteiger partial charge >= 0.3 is 0 Å². The summed E-state index contributed by atoms with van der Waals surface area (Å²) in [5, 5.41) is 5.42. The van der Waals surface area contributed by atoms with Gasteiger partial charge in [0.15, 0.2) is 9.84 Å². The smallest absolute Gasteiger partial charge is 0.259 e. The molecule has 0 aromatic heterocycles. The Kier molecular flexibility index (Phi) is 6.17. The minimum Gasteiger partial charge on any atom is -0.496 e. The van der Waals surface area contributed by atoms with E-state index in [0.29, 0.717) is 28.3 Å². The molecule has 0 radical (unpaired) electrons. The van der Waals surface area contributed by atoms with Crippen molar-refractivity contribution in [2.75, 3.05) is 24.0 Å². The summed E-state index contributed by atoms with van der Waals surface area (Å²) in [4.78, 5) is 25.0. The Morgan fingerprint density at radius 1 is 0.800 bits per heavy atom. The molecule has 3 aromatic rings. The standard InChI is InChI=1S/C22H20N2O5S/c1-29-20-9-4-3-8-19(20)22(26)23-16-12-10-15(11-13-16)21(25)24-17-6-5-7-18(14-17)30(2,27)28/h3-14H,1-2H3,(H,23,26)(H,24,25). The van der Waals surface area contributed by atoms with Crippen LogP contribution in [0.25, 0.3) is 0 Å². The monoisotopic (exact) mass is 424 g/mol. The molecule has 0 heterocycles. The van der Waals surface area contributed by atoms with Gasteiger partial charge < -0.3 is 15.4 Å². The minimum atomic E-state index is -3.37. The van der Waals surface area contributed by atoms with E-state index in [2.05, 4.69) is 10.6 Å². The van der Waals surface area contributed by atoms with E-state index in [4.69, 9.17) is 4.74 Å². The van der Waals surface area contributed by atoms with Gasteiger partial charge in [-0.05, 0) is 54.6 Å². The molecule has 0 bridgehead atoms. The number of hydrogen-bond donors (Lipinski definition) is 2. The van der Waals surface area contributed by atoms with Crippen molar-refractivity contribution < 1.29 is 22.7 Å². The Labute approximate surface area is 174 Å². The Bertz CT molecular complexity index is 1190. The van der Waals surface area contributed by atoms with Crippen LogP contribution in [0.5, 0.6) is 5.75 Å². The first-order valence-electron chi connectivity index (χ1n) is 8.94. The Hall–Kier alpha value is -3.65. The van der Waals surface area contributed by atoms with Gasteiger partial charge in [-0.3, -0.25) is 9.59 Å². The zero-order chi connectivity index (χ0) is 21.7. The highest BCUT2D eigenvalue weighted by atomic mass is 32.2. The number of ether oxygens (including phenoxy) is 1. The van der Waals surface area contributed by atoms with E-state index in [1.165, 1.54) is 19.2 Å². The molecule has 0 unspecified atom stereocenters. The molecule has 3 rings (SSSR count). The fourth-order valence-corrected chi connectivity index (χ4v) is 3.41. The SMILES string of the molecule is COc1ccccc1C(=O)Nc1ccc(C(=O)Nc2cccc(S(C)(=O)=O)c2)cc1. The normalized spacial score (nSPS) is 10.9. The number of carbonyl (C=O) groups is 2. The van der Waals surface area contributed by atoms with Gasteiger partial charge in [-0.25, -0.2) is 8.42 Å². The summed E-state index contributed by atoms with van der Waals surface area (Å²) in [5.74, 6) is -0.271. The lowest BCUT2D eigenvalue weighted by Gasteiger charge is -2.10. The topological polar surface area (TPSA) is 102 Å². The average molecular weight is 424 g/mol. The van der Waals surface area contributed by atoms with Crippen LogP contribution in [0.2, 0.25) is 0 Å². The molecule has 0 saturated carbocycles. The second kappa shape index (κ2) is 8.79. The van der Waals surface area contributed by atoms with E-state index in [9.17, 15) is 18.0 Å². The van der Waals surface area contributed by atoms with Gasteiger partial charge in [0.1, 0.15) is 5.75 Å². The maximum atomic E-state index is 12.4. The summed E-state index contributed by atoms with van der Waals surface area (Å²) < 4.78 is 28.5. The van der Waals surface area contributed by atoms with Crippen molar-refractivity contribution in [3.05, 3.63) is 83.9 Å². The van der Waals surface area contributed by atoms with Crippen molar-refractivity contribution in [2.45, 2.75) is 4.90 Å². The lowest BCUT2D eigenvalue weighted by atomic mass is 10.1. The van der Waals surface area contributed by atoms with Gasteiger partial charge in [0.25, 0.3) is 11.8 Å². The van der Waals surface area contributed by atoms with Crippen LogP contribution in [0.4, 0.5) is 11.4 Å². The van der Waals surface area contributed by atoms with Crippen molar-refractivity contribution in [3.63, 3.8) is 0 Å². The van der Waals surface area contributed by atoms with Crippen molar-refractivity contribution in [2.24, 2.45) is 0 Å². The van der Waals surface area contributed by atoms with Crippen molar-refractivity contribution >= 4 is 33.0 Å². The zero-order valence-electron chi connectivity index (χ0n) is 16.4. The van der Waals surface area contributed by atoms with Crippen LogP contribution in [0, 0.1) is 0 Å². The minimum absolute atomic E-state index is 0.120. The van der Waals surface area contributed by atoms with Crippen molar-refractivity contribution in [3.8, 4) is 5.75 Å². The highest BCUT2D eigenvalue weighted by Gasteiger charge is 2.13. The molecule has 3 aromatic carbocycles. The second-order valence-corrected chi connectivity index (χ2v) is 8.50. The highest BCUT2D eigenvalue weighted by molar-refractivity contribution is 7.90. The number of para-hydroxylation sites is 1. The van der Waals surface area contributed by atoms with Crippen LogP contribution in [-0.2, 0) is 9.84 Å². The summed E-state index contributed by atoms with van der Waals surface area (Å²) in [6.07, 6.45) is 1.10. The highest BCUT2D eigenvalue weighted by Crippen LogP contribution is 2.20. The van der Waals surface area contributed by atoms with Gasteiger partial charge in [-0.15, -0.1) is 0 Å². The van der Waals surface area contributed by atoms with E-state index < -0.39 is 15.7 Å². The lowest BCUT2D eigenvalue weighted by Crippen LogP contribution is -2.14. The second-order valence-electron chi connectivity index (χ2n) is 6.49. The molecule has 30 heavy (non-hydrogen) atoms. The first kappa shape index (κ1) is 21.1. The number of carbonyl (C=O) groups excluding carboxylic acids is 2. The number of benzene rings is 3. The molecule has 7 nitrogen and oxygen atoms in total. The van der Waals surface area contributed by atoms with Crippen molar-refractivity contribution in [1.82, 2.24) is 0 Å². The molecule has 2 N–H and O–H groups in total. The molecule has 0 aliphatic carbocycles. The van der Waals surface area contributed by atoms with Crippen LogP contribution in [-0.4, -0.2) is 33.6 Å². The van der Waals surface area contributed by atoms with E-state index in [1.54, 1.807) is 60.7 Å². The first-order chi connectivity index (χ1) is 14.3. The fourth-order valence-electron chi connectivity index (χ4n) is 2.74. The van der Waals surface area contributed by atoms with Gasteiger partial charge in [0, 0.05) is 23.2 Å². The third-order valence-corrected chi connectivity index (χ3v) is 5.39. The Morgan fingerprint density at radius 3 is 2.13 bits per heavy atom. The van der Waals surface area contributed by atoms with Crippen LogP contribution >= 0.6 is 0 Å². The van der Waals surface area contributed by atoms with E-state index in [0.717, 1.165) is 6.26 Å². The molecule has 8 heteroatoms. The number of anilines is 2. The Balaban J connectivity index is 1.70. The largest absolute Gasteiger partial charge is 0.496 e. The number of methoxy groups -OCH3 is 1. The molecule has 0 fully saturated rings. The summed E-state index contributed by atoms with van der Waals surface area (Å²) in [6, 6.07) is 19.2. The van der Waals surface area contributed by atoms with Crippen LogP contribution in [0.1, 0.15) is 20.7 Å². The molecule has 0 spiro atoms. The van der Waals surface area contributed by atoms with Crippen LogP contribution in [0.15, 0.2) is 77.7 Å². The molecule has 0 aliphatic rings. The van der Waals surface area contributed by atoms with Crippen LogP contribution < -0.4 is 15.4 Å². The summed E-state index contributed by atoms with van der Waals surface area (Å²) in [6.45, 7) is 0. The summed E-state index contributed by atoms with van der Waals surface area (Å²) in [5.41, 5.74) is 1.64. The Morgan fingerprint density at radius 2 is 1.47 bits per heavy atom. The zero-order valence-corrected chi connectivity index (χ0v) is 17.2. The predicted molar refractivity (Wildman–Crippen MR) is 115 cm³/mol. The van der Waals surface area contributed by atoms with Crippen LogP contribution in [0.3, 0.4) is 0 Å². The van der Waals surface area contributed by atoms with E-state index >= 15 is 0 Å². The summed E-state index contributed by atoms with van der Waals surface area (Å²) >= 11 is 0. The maximum absolute atomic E-state index is 12.4. The molecule has 0 atom stereocenters. The predicted octanol–water partition coefficient (Wildman–Crippen LogP) is 3.60.